The molecule has 1 aromatic heterocycles. The first-order valence-corrected chi connectivity index (χ1v) is 9.98. The number of hydrogen-bond donors (Lipinski definition) is 2. The van der Waals surface area contributed by atoms with E-state index < -0.39 is 0 Å². The molecule has 6 nitrogen and oxygen atoms in total. The Bertz CT molecular complexity index is 1050. The number of para-hydroxylation sites is 2. The first-order chi connectivity index (χ1) is 14.0. The van der Waals surface area contributed by atoms with E-state index in [0.29, 0.717) is 12.2 Å². The van der Waals surface area contributed by atoms with E-state index in [1.165, 1.54) is 0 Å². The zero-order valence-electron chi connectivity index (χ0n) is 16.9. The van der Waals surface area contributed by atoms with Crippen LogP contribution >= 0.6 is 0 Å². The van der Waals surface area contributed by atoms with Gasteiger partial charge in [-0.15, -0.1) is 0 Å². The van der Waals surface area contributed by atoms with Crippen LogP contribution in [0, 0.1) is 6.92 Å². The van der Waals surface area contributed by atoms with Gasteiger partial charge < -0.3 is 20.1 Å². The van der Waals surface area contributed by atoms with Gasteiger partial charge in [0, 0.05) is 56.2 Å². The quantitative estimate of drug-likeness (QED) is 0.719. The van der Waals surface area contributed by atoms with Crippen molar-refractivity contribution in [3.05, 3.63) is 65.4 Å². The van der Waals surface area contributed by atoms with Crippen LogP contribution in [-0.2, 0) is 11.3 Å². The Morgan fingerprint density at radius 1 is 1.03 bits per heavy atom. The number of rotatable bonds is 4. The zero-order chi connectivity index (χ0) is 20.4. The van der Waals surface area contributed by atoms with Crippen LogP contribution in [0.4, 0.5) is 5.69 Å². The van der Waals surface area contributed by atoms with Crippen LogP contribution < -0.4 is 10.2 Å². The number of nitrogens with zero attached hydrogens (tertiary/aromatic N) is 2. The average Bonchev–Trinajstić information content (AvgIpc) is 3.18. The smallest absolute Gasteiger partial charge is 0.267 e. The number of aromatic nitrogens is 1. The van der Waals surface area contributed by atoms with Crippen molar-refractivity contribution >= 4 is 28.4 Å². The maximum Gasteiger partial charge on any atom is 0.267 e. The van der Waals surface area contributed by atoms with E-state index in [1.54, 1.807) is 6.92 Å². The summed E-state index contributed by atoms with van der Waals surface area (Å²) in [5.41, 5.74) is 4.88. The molecular weight excluding hydrogens is 364 g/mol. The number of amides is 2. The molecule has 29 heavy (non-hydrogen) atoms. The van der Waals surface area contributed by atoms with E-state index in [0.717, 1.165) is 53.9 Å². The van der Waals surface area contributed by atoms with Gasteiger partial charge in [0.2, 0.25) is 5.91 Å². The van der Waals surface area contributed by atoms with E-state index in [2.05, 4.69) is 21.3 Å². The second-order valence-corrected chi connectivity index (χ2v) is 7.53. The molecule has 0 aliphatic carbocycles. The molecule has 3 aromatic rings. The zero-order valence-corrected chi connectivity index (χ0v) is 16.9. The standard InChI is InChI=1S/C23H26N4O2/c1-16-6-5-8-18-14-20(25-22(16)18)23(29)24-15-19-7-3-4-9-21(19)27-12-10-26(11-13-27)17(2)28/h3-9,14,25H,10-13,15H2,1-2H3,(H,24,29). The Morgan fingerprint density at radius 3 is 2.52 bits per heavy atom. The molecule has 1 aliphatic heterocycles. The van der Waals surface area contributed by atoms with Crippen molar-refractivity contribution in [1.29, 1.82) is 0 Å². The van der Waals surface area contributed by atoms with E-state index >= 15 is 0 Å². The van der Waals surface area contributed by atoms with Crippen LogP contribution in [0.25, 0.3) is 10.9 Å². The van der Waals surface area contributed by atoms with Gasteiger partial charge in [0.05, 0.1) is 0 Å². The Balaban J connectivity index is 1.45. The van der Waals surface area contributed by atoms with Crippen LogP contribution in [-0.4, -0.2) is 47.9 Å². The third kappa shape index (κ3) is 3.97. The summed E-state index contributed by atoms with van der Waals surface area (Å²) in [6.45, 7) is 7.15. The number of nitrogens with one attached hydrogen (secondary N) is 2. The molecule has 1 aliphatic rings. The van der Waals surface area contributed by atoms with Crippen molar-refractivity contribution in [2.24, 2.45) is 0 Å². The predicted molar refractivity (Wildman–Crippen MR) is 115 cm³/mol. The highest BCUT2D eigenvalue weighted by atomic mass is 16.2. The molecule has 150 valence electrons. The first-order valence-electron chi connectivity index (χ1n) is 9.98. The van der Waals surface area contributed by atoms with E-state index in [-0.39, 0.29) is 11.8 Å². The molecule has 0 atom stereocenters. The van der Waals surface area contributed by atoms with Crippen molar-refractivity contribution in [3.63, 3.8) is 0 Å². The van der Waals surface area contributed by atoms with Crippen molar-refractivity contribution < 1.29 is 9.59 Å². The van der Waals surface area contributed by atoms with Crippen LogP contribution in [0.15, 0.2) is 48.5 Å². The minimum Gasteiger partial charge on any atom is -0.368 e. The van der Waals surface area contributed by atoms with E-state index in [9.17, 15) is 9.59 Å². The number of aryl methyl sites for hydroxylation is 1. The molecule has 1 saturated heterocycles. The van der Waals surface area contributed by atoms with Gasteiger partial charge in [0.25, 0.3) is 5.91 Å². The number of carbonyl (C=O) groups is 2. The molecule has 2 aromatic carbocycles. The summed E-state index contributed by atoms with van der Waals surface area (Å²) in [7, 11) is 0. The molecule has 6 heteroatoms. The van der Waals surface area contributed by atoms with E-state index in [4.69, 9.17) is 0 Å². The fraction of sp³-hybridized carbons (Fsp3) is 0.304. The number of hydrogen-bond acceptors (Lipinski definition) is 3. The van der Waals surface area contributed by atoms with Crippen molar-refractivity contribution in [2.45, 2.75) is 20.4 Å². The maximum absolute atomic E-state index is 12.7. The van der Waals surface area contributed by atoms with Crippen LogP contribution in [0.1, 0.15) is 28.5 Å². The lowest BCUT2D eigenvalue weighted by atomic mass is 10.1. The Kier molecular flexibility index (Phi) is 5.25. The van der Waals surface area contributed by atoms with Gasteiger partial charge in [-0.1, -0.05) is 36.4 Å². The molecule has 2 amide bonds. The number of H-pyrrole nitrogens is 1. The minimum absolute atomic E-state index is 0.114. The summed E-state index contributed by atoms with van der Waals surface area (Å²) in [5, 5.41) is 4.08. The molecule has 4 rings (SSSR count). The second kappa shape index (κ2) is 7.99. The summed E-state index contributed by atoms with van der Waals surface area (Å²) in [6.07, 6.45) is 0. The average molecular weight is 390 g/mol. The highest BCUT2D eigenvalue weighted by Gasteiger charge is 2.20. The summed E-state index contributed by atoms with van der Waals surface area (Å²) in [5.74, 6) is 0.00979. The molecule has 2 N–H and O–H groups in total. The predicted octanol–water partition coefficient (Wildman–Crippen LogP) is 3.07. The molecule has 2 heterocycles. The third-order valence-electron chi connectivity index (χ3n) is 5.61. The van der Waals surface area contributed by atoms with Gasteiger partial charge in [-0.2, -0.15) is 0 Å². The van der Waals surface area contributed by atoms with Crippen LogP contribution in [0.2, 0.25) is 0 Å². The summed E-state index contributed by atoms with van der Waals surface area (Å²) in [6, 6.07) is 16.1. The fourth-order valence-corrected chi connectivity index (χ4v) is 3.93. The number of benzene rings is 2. The summed E-state index contributed by atoms with van der Waals surface area (Å²) in [4.78, 5) is 31.7. The van der Waals surface area contributed by atoms with Gasteiger partial charge in [-0.3, -0.25) is 9.59 Å². The normalized spacial score (nSPS) is 14.3. The highest BCUT2D eigenvalue weighted by Crippen LogP contribution is 2.23. The summed E-state index contributed by atoms with van der Waals surface area (Å²) >= 11 is 0. The maximum atomic E-state index is 12.7. The second-order valence-electron chi connectivity index (χ2n) is 7.53. The van der Waals surface area contributed by atoms with Gasteiger partial charge in [0.1, 0.15) is 5.69 Å². The first kappa shape index (κ1) is 19.1. The lowest BCUT2D eigenvalue weighted by Gasteiger charge is -2.36. The number of carbonyl (C=O) groups excluding carboxylic acids is 2. The fourth-order valence-electron chi connectivity index (χ4n) is 3.93. The van der Waals surface area contributed by atoms with Gasteiger partial charge in [0.15, 0.2) is 0 Å². The molecular formula is C23H26N4O2. The van der Waals surface area contributed by atoms with Crippen molar-refractivity contribution in [2.75, 3.05) is 31.1 Å². The van der Waals surface area contributed by atoms with Gasteiger partial charge >= 0.3 is 0 Å². The van der Waals surface area contributed by atoms with Crippen LogP contribution in [0.5, 0.6) is 0 Å². The molecule has 0 saturated carbocycles. The minimum atomic E-state index is -0.114. The topological polar surface area (TPSA) is 68.4 Å². The highest BCUT2D eigenvalue weighted by molar-refractivity contribution is 5.98. The summed E-state index contributed by atoms with van der Waals surface area (Å²) < 4.78 is 0. The van der Waals surface area contributed by atoms with Crippen LogP contribution in [0.3, 0.4) is 0 Å². The number of piperazine rings is 1. The van der Waals surface area contributed by atoms with Crippen molar-refractivity contribution in [3.8, 4) is 0 Å². The molecule has 0 spiro atoms. The number of fused-ring (bicyclic) bond motifs is 1. The van der Waals surface area contributed by atoms with E-state index in [1.807, 2.05) is 54.3 Å². The lowest BCUT2D eigenvalue weighted by molar-refractivity contribution is -0.129. The third-order valence-corrected chi connectivity index (χ3v) is 5.61. The molecule has 0 radical (unpaired) electrons. The largest absolute Gasteiger partial charge is 0.368 e. The Labute approximate surface area is 170 Å². The molecule has 0 unspecified atom stereocenters. The number of aromatic amines is 1. The monoisotopic (exact) mass is 390 g/mol. The molecule has 0 bridgehead atoms. The van der Waals surface area contributed by atoms with Crippen molar-refractivity contribution in [1.82, 2.24) is 15.2 Å². The number of anilines is 1. The Hall–Kier alpha value is -3.28. The SMILES string of the molecule is CC(=O)N1CCN(c2ccccc2CNC(=O)c2cc3cccc(C)c3[nH]2)CC1. The Morgan fingerprint density at radius 2 is 1.79 bits per heavy atom. The van der Waals surface area contributed by atoms with Gasteiger partial charge in [-0.05, 0) is 30.2 Å². The lowest BCUT2D eigenvalue weighted by Crippen LogP contribution is -2.48. The molecule has 1 fully saturated rings. The van der Waals surface area contributed by atoms with Gasteiger partial charge in [-0.25, -0.2) is 0 Å².